The Bertz CT molecular complexity index is 1320. The summed E-state index contributed by atoms with van der Waals surface area (Å²) in [6.45, 7) is 5.78. The standard InChI is InChI=1S/C23H22F3N7/c1-13(17-4-3-5-18(20(17)24)22(25)26)29-23-19-10-16(11-27-21(19)14(2)30-31-23)32-8-9-33-15(12-32)6-7-28-33/h3-7,10-11,13,22H,8-9,12H2,1-2H3,(H,29,31)/t13-/m1/s1. The highest BCUT2D eigenvalue weighted by atomic mass is 19.3. The third-order valence-electron chi connectivity index (χ3n) is 5.99. The van der Waals surface area contributed by atoms with Crippen molar-refractivity contribution in [3.8, 4) is 0 Å². The van der Waals surface area contributed by atoms with Gasteiger partial charge in [-0.25, -0.2) is 13.2 Å². The number of anilines is 2. The van der Waals surface area contributed by atoms with E-state index in [0.717, 1.165) is 35.9 Å². The Kier molecular flexibility index (Phi) is 5.35. The Balaban J connectivity index is 1.49. The normalized spacial score (nSPS) is 14.5. The van der Waals surface area contributed by atoms with Gasteiger partial charge >= 0.3 is 0 Å². The van der Waals surface area contributed by atoms with Crippen LogP contribution in [0.25, 0.3) is 10.9 Å². The van der Waals surface area contributed by atoms with Crippen LogP contribution in [0.5, 0.6) is 0 Å². The summed E-state index contributed by atoms with van der Waals surface area (Å²) in [6.07, 6.45) is 0.717. The van der Waals surface area contributed by atoms with E-state index < -0.39 is 23.8 Å². The molecule has 1 aromatic carbocycles. The van der Waals surface area contributed by atoms with Crippen LogP contribution in [-0.2, 0) is 13.1 Å². The monoisotopic (exact) mass is 453 g/mol. The summed E-state index contributed by atoms with van der Waals surface area (Å²) in [7, 11) is 0. The van der Waals surface area contributed by atoms with Crippen LogP contribution < -0.4 is 10.2 Å². The zero-order valence-electron chi connectivity index (χ0n) is 18.1. The first-order valence-electron chi connectivity index (χ1n) is 10.6. The van der Waals surface area contributed by atoms with Gasteiger partial charge in [0.25, 0.3) is 6.43 Å². The van der Waals surface area contributed by atoms with Crippen molar-refractivity contribution in [1.82, 2.24) is 25.0 Å². The molecule has 10 heteroatoms. The molecule has 1 aliphatic rings. The molecule has 0 amide bonds. The van der Waals surface area contributed by atoms with Crippen LogP contribution in [0, 0.1) is 12.7 Å². The SMILES string of the molecule is Cc1nnc(N[C@H](C)c2cccc(C(F)F)c2F)c2cc(N3CCn4nccc4C3)cnc12. The van der Waals surface area contributed by atoms with Crippen molar-refractivity contribution in [2.45, 2.75) is 39.4 Å². The number of hydrogen-bond donors (Lipinski definition) is 1. The highest BCUT2D eigenvalue weighted by Gasteiger charge is 2.22. The van der Waals surface area contributed by atoms with Crippen LogP contribution in [0.15, 0.2) is 42.7 Å². The molecule has 5 rings (SSSR count). The highest BCUT2D eigenvalue weighted by molar-refractivity contribution is 5.92. The van der Waals surface area contributed by atoms with E-state index >= 15 is 0 Å². The molecule has 33 heavy (non-hydrogen) atoms. The van der Waals surface area contributed by atoms with Gasteiger partial charge in [-0.05, 0) is 26.0 Å². The fraction of sp³-hybridized carbons (Fsp3) is 0.304. The molecular weight excluding hydrogens is 431 g/mol. The van der Waals surface area contributed by atoms with E-state index in [0.29, 0.717) is 23.6 Å². The zero-order chi connectivity index (χ0) is 23.1. The van der Waals surface area contributed by atoms with Crippen LogP contribution in [0.2, 0.25) is 0 Å². The molecule has 0 fully saturated rings. The molecule has 0 radical (unpaired) electrons. The van der Waals surface area contributed by atoms with Gasteiger partial charge in [0.15, 0.2) is 5.82 Å². The largest absolute Gasteiger partial charge is 0.363 e. The molecule has 4 aromatic rings. The summed E-state index contributed by atoms with van der Waals surface area (Å²) < 4.78 is 42.9. The minimum absolute atomic E-state index is 0.136. The van der Waals surface area contributed by atoms with Crippen molar-refractivity contribution in [2.75, 3.05) is 16.8 Å². The summed E-state index contributed by atoms with van der Waals surface area (Å²) in [5.41, 5.74) is 2.89. The Hall–Kier alpha value is -3.69. The average molecular weight is 453 g/mol. The van der Waals surface area contributed by atoms with Crippen molar-refractivity contribution < 1.29 is 13.2 Å². The van der Waals surface area contributed by atoms with Gasteiger partial charge in [0.2, 0.25) is 0 Å². The van der Waals surface area contributed by atoms with Crippen LogP contribution in [0.3, 0.4) is 0 Å². The predicted molar refractivity (Wildman–Crippen MR) is 119 cm³/mol. The molecular formula is C23H22F3N7. The first-order chi connectivity index (χ1) is 15.9. The number of rotatable bonds is 5. The molecule has 3 aromatic heterocycles. The lowest BCUT2D eigenvalue weighted by Gasteiger charge is -2.29. The van der Waals surface area contributed by atoms with E-state index in [2.05, 4.69) is 30.5 Å². The molecule has 0 spiro atoms. The summed E-state index contributed by atoms with van der Waals surface area (Å²) in [6, 6.07) is 7.38. The molecule has 0 saturated carbocycles. The number of nitrogens with zero attached hydrogens (tertiary/aromatic N) is 6. The second-order valence-electron chi connectivity index (χ2n) is 8.11. The smallest absolute Gasteiger partial charge is 0.266 e. The van der Waals surface area contributed by atoms with Crippen molar-refractivity contribution in [1.29, 1.82) is 0 Å². The number of halogens is 3. The summed E-state index contributed by atoms with van der Waals surface area (Å²) >= 11 is 0. The molecule has 1 aliphatic heterocycles. The van der Waals surface area contributed by atoms with Crippen LogP contribution in [0.1, 0.15) is 41.9 Å². The minimum Gasteiger partial charge on any atom is -0.363 e. The average Bonchev–Trinajstić information content (AvgIpc) is 3.28. The lowest BCUT2D eigenvalue weighted by molar-refractivity contribution is 0.146. The topological polar surface area (TPSA) is 71.8 Å². The molecule has 1 N–H and O–H groups in total. The van der Waals surface area contributed by atoms with Crippen LogP contribution in [0.4, 0.5) is 24.7 Å². The number of aryl methyl sites for hydroxylation is 1. The van der Waals surface area contributed by atoms with Crippen molar-refractivity contribution >= 4 is 22.4 Å². The zero-order valence-corrected chi connectivity index (χ0v) is 18.1. The number of alkyl halides is 2. The second kappa shape index (κ2) is 8.34. The fourth-order valence-electron chi connectivity index (χ4n) is 4.19. The van der Waals surface area contributed by atoms with Gasteiger partial charge in [-0.2, -0.15) is 10.2 Å². The van der Waals surface area contributed by atoms with Crippen molar-refractivity contribution in [3.63, 3.8) is 0 Å². The van der Waals surface area contributed by atoms with Crippen molar-refractivity contribution in [2.24, 2.45) is 0 Å². The molecule has 0 bridgehead atoms. The summed E-state index contributed by atoms with van der Waals surface area (Å²) in [5.74, 6) is -0.498. The van der Waals surface area contributed by atoms with Crippen LogP contribution in [-0.4, -0.2) is 31.5 Å². The Morgan fingerprint density at radius 3 is 2.73 bits per heavy atom. The van der Waals surface area contributed by atoms with Gasteiger partial charge in [-0.1, -0.05) is 18.2 Å². The molecule has 1 atom stereocenters. The molecule has 170 valence electrons. The lowest BCUT2D eigenvalue weighted by Crippen LogP contribution is -2.33. The maximum Gasteiger partial charge on any atom is 0.266 e. The predicted octanol–water partition coefficient (Wildman–Crippen LogP) is 4.80. The van der Waals surface area contributed by atoms with E-state index in [1.165, 1.54) is 12.1 Å². The number of benzene rings is 1. The molecule has 7 nitrogen and oxygen atoms in total. The molecule has 0 saturated heterocycles. The van der Waals surface area contributed by atoms with E-state index in [1.807, 2.05) is 29.9 Å². The van der Waals surface area contributed by atoms with E-state index in [-0.39, 0.29) is 5.56 Å². The Morgan fingerprint density at radius 1 is 1.09 bits per heavy atom. The Morgan fingerprint density at radius 2 is 1.91 bits per heavy atom. The molecule has 0 aliphatic carbocycles. The number of aromatic nitrogens is 5. The number of fused-ring (bicyclic) bond motifs is 2. The third kappa shape index (κ3) is 3.85. The summed E-state index contributed by atoms with van der Waals surface area (Å²) in [4.78, 5) is 6.82. The van der Waals surface area contributed by atoms with Gasteiger partial charge in [-0.15, -0.1) is 5.10 Å². The van der Waals surface area contributed by atoms with Gasteiger partial charge < -0.3 is 10.2 Å². The van der Waals surface area contributed by atoms with Gasteiger partial charge in [0, 0.05) is 23.7 Å². The lowest BCUT2D eigenvalue weighted by atomic mass is 10.0. The number of nitrogens with one attached hydrogen (secondary N) is 1. The molecule has 0 unspecified atom stereocenters. The number of pyridine rings is 1. The first-order valence-corrected chi connectivity index (χ1v) is 10.6. The summed E-state index contributed by atoms with van der Waals surface area (Å²) in [5, 5.41) is 16.6. The van der Waals surface area contributed by atoms with Gasteiger partial charge in [-0.3, -0.25) is 9.67 Å². The van der Waals surface area contributed by atoms with Gasteiger partial charge in [0.1, 0.15) is 5.82 Å². The highest BCUT2D eigenvalue weighted by Crippen LogP contribution is 2.32. The fourth-order valence-corrected chi connectivity index (χ4v) is 4.19. The Labute approximate surface area is 188 Å². The van der Waals surface area contributed by atoms with E-state index in [1.54, 1.807) is 13.1 Å². The van der Waals surface area contributed by atoms with E-state index in [4.69, 9.17) is 0 Å². The minimum atomic E-state index is -2.88. The van der Waals surface area contributed by atoms with Gasteiger partial charge in [0.05, 0.1) is 53.5 Å². The maximum atomic E-state index is 14.7. The van der Waals surface area contributed by atoms with Crippen LogP contribution >= 0.6 is 0 Å². The van der Waals surface area contributed by atoms with E-state index in [9.17, 15) is 13.2 Å². The second-order valence-corrected chi connectivity index (χ2v) is 8.11. The van der Waals surface area contributed by atoms with Crippen molar-refractivity contribution in [3.05, 3.63) is 71.1 Å². The third-order valence-corrected chi connectivity index (χ3v) is 5.99. The first kappa shape index (κ1) is 21.2. The maximum absolute atomic E-state index is 14.7. The molecule has 4 heterocycles. The quantitative estimate of drug-likeness (QED) is 0.468. The number of hydrogen-bond acceptors (Lipinski definition) is 6.